The molecule has 0 aliphatic carbocycles. The molecule has 7 aromatic rings. The number of carbonyl (C=O) groups is 8. The van der Waals surface area contributed by atoms with Crippen molar-refractivity contribution < 1.29 is 81.4 Å². The van der Waals surface area contributed by atoms with Crippen LogP contribution in [0.5, 0.6) is 23.0 Å². The van der Waals surface area contributed by atoms with Gasteiger partial charge in [-0.15, -0.1) is 0 Å². The number of rotatable bonds is 13. The fraction of sp³-hybridized carbons (Fsp3) is 0.299. The number of piperazine rings is 3. The van der Waals surface area contributed by atoms with Gasteiger partial charge in [0.05, 0.1) is 32.0 Å². The lowest BCUT2D eigenvalue weighted by molar-refractivity contribution is 0.0228. The number of benzene rings is 4. The van der Waals surface area contributed by atoms with Crippen LogP contribution in [0.25, 0.3) is 0 Å². The number of carboxylic acid groups (broad SMARTS) is 2. The number of amides is 4. The molecule has 4 amide bonds. The molecule has 6 heterocycles. The first-order chi connectivity index (χ1) is 44.6. The number of ketones is 2. The van der Waals surface area contributed by atoms with Crippen molar-refractivity contribution in [2.75, 3.05) is 99.4 Å². The number of aromatic nitrogens is 3. The maximum Gasteiger partial charge on any atom is 0.410 e. The minimum atomic E-state index is -1.11. The van der Waals surface area contributed by atoms with Crippen LogP contribution in [0.3, 0.4) is 0 Å². The lowest BCUT2D eigenvalue weighted by Crippen LogP contribution is -2.50. The first-order valence-electron chi connectivity index (χ1n) is 29.3. The van der Waals surface area contributed by atoms with Crippen molar-refractivity contribution in [2.24, 2.45) is 0 Å². The van der Waals surface area contributed by atoms with E-state index in [1.807, 2.05) is 25.7 Å². The van der Waals surface area contributed by atoms with Gasteiger partial charge in [-0.2, -0.15) is 0 Å². The Morgan fingerprint density at radius 1 is 0.452 bits per heavy atom. The molecule has 0 unspecified atom stereocenters. The van der Waals surface area contributed by atoms with Gasteiger partial charge in [-0.25, -0.2) is 23.2 Å². The third-order valence-corrected chi connectivity index (χ3v) is 13.9. The summed E-state index contributed by atoms with van der Waals surface area (Å²) in [5, 5.41) is 33.6. The van der Waals surface area contributed by atoms with Gasteiger partial charge in [0.15, 0.2) is 34.7 Å². The van der Waals surface area contributed by atoms with Gasteiger partial charge in [-0.3, -0.25) is 38.9 Å². The van der Waals surface area contributed by atoms with Crippen molar-refractivity contribution in [1.29, 1.82) is 0 Å². The van der Waals surface area contributed by atoms with Crippen molar-refractivity contribution in [3.05, 3.63) is 208 Å². The van der Waals surface area contributed by atoms with E-state index in [9.17, 15) is 52.2 Å². The standard InChI is InChI=1S/C25H22FN3O5.C17H15FO5.C10H13N3O.C9H18N2O2.C6H5NO2/c1-34-20-7-6-19(30)21(22(20)26)23(31)16-2-4-17(5-3-16)24(32)28-12-14-29(15-13-28)25(33)18-8-10-27-11-9-18;1-3-23-12-8-9-13(22-2)15(18)14(12)16(19)10-4-6-11(7-5-10)17(20)21;14-10(9-1-3-11-4-2-9)13-7-5-12-6-8-13;1-9(2,3)13-8(12)11-6-4-10-5-7-11;8-6(9)5-1-3-7-4-2-5/h2-11,30H,12-15H2,1H3;4-9H,3H2,1-2H3,(H,20,21);1-4,12H,5-8H2;10H,4-7H2,1-3H3;1-4H,(H,8,9). The maximum absolute atomic E-state index is 14.5. The first kappa shape index (κ1) is 71.3. The number of pyridine rings is 3. The zero-order valence-electron chi connectivity index (χ0n) is 52.2. The molecule has 3 saturated heterocycles. The normalized spacial score (nSPS) is 13.4. The first-order valence-corrected chi connectivity index (χ1v) is 29.3. The van der Waals surface area contributed by atoms with E-state index in [1.165, 1.54) is 112 Å². The average molecular weight is 1280 g/mol. The van der Waals surface area contributed by atoms with E-state index in [0.717, 1.165) is 57.9 Å². The number of nitrogens with one attached hydrogen (secondary N) is 2. The zero-order chi connectivity index (χ0) is 67.6. The van der Waals surface area contributed by atoms with Gasteiger partial charge >= 0.3 is 18.0 Å². The van der Waals surface area contributed by atoms with Crippen molar-refractivity contribution in [3.63, 3.8) is 0 Å². The quantitative estimate of drug-likeness (QED) is 0.0692. The molecule has 5 N–H and O–H groups in total. The number of phenolic OH excluding ortho intramolecular Hbond substituents is 1. The molecule has 4 aromatic carbocycles. The molecule has 0 bridgehead atoms. The molecule has 0 atom stereocenters. The van der Waals surface area contributed by atoms with Crippen LogP contribution in [0.1, 0.15) is 111 Å². The summed E-state index contributed by atoms with van der Waals surface area (Å²) in [4.78, 5) is 114. The highest BCUT2D eigenvalue weighted by molar-refractivity contribution is 6.12. The van der Waals surface area contributed by atoms with Crippen LogP contribution in [0.4, 0.5) is 13.6 Å². The molecule has 3 fully saturated rings. The predicted molar refractivity (Wildman–Crippen MR) is 336 cm³/mol. The molecule has 3 aliphatic heterocycles. The van der Waals surface area contributed by atoms with Crippen molar-refractivity contribution in [3.8, 4) is 23.0 Å². The number of nitrogens with zero attached hydrogens (tertiary/aromatic N) is 7. The number of methoxy groups -OCH3 is 2. The van der Waals surface area contributed by atoms with Crippen LogP contribution < -0.4 is 24.8 Å². The highest BCUT2D eigenvalue weighted by Gasteiger charge is 2.29. The van der Waals surface area contributed by atoms with Crippen LogP contribution >= 0.6 is 0 Å². The molecule has 3 aliphatic rings. The van der Waals surface area contributed by atoms with E-state index in [-0.39, 0.29) is 81.1 Å². The predicted octanol–water partition coefficient (Wildman–Crippen LogP) is 7.66. The van der Waals surface area contributed by atoms with E-state index in [0.29, 0.717) is 37.3 Å². The van der Waals surface area contributed by atoms with Gasteiger partial charge in [-0.1, -0.05) is 24.3 Å². The summed E-state index contributed by atoms with van der Waals surface area (Å²) < 4.78 is 49.3. The van der Waals surface area contributed by atoms with Crippen LogP contribution in [0, 0.1) is 11.6 Å². The summed E-state index contributed by atoms with van der Waals surface area (Å²) in [7, 11) is 2.56. The molecule has 0 radical (unpaired) electrons. The Hall–Kier alpha value is -10.7. The highest BCUT2D eigenvalue weighted by atomic mass is 19.1. The third-order valence-electron chi connectivity index (χ3n) is 13.9. The van der Waals surface area contributed by atoms with E-state index < -0.39 is 46.5 Å². The number of phenols is 1. The number of carbonyl (C=O) groups excluding carboxylic acids is 6. The summed E-state index contributed by atoms with van der Waals surface area (Å²) >= 11 is 0. The Balaban J connectivity index is 0.000000200. The van der Waals surface area contributed by atoms with Crippen LogP contribution in [-0.4, -0.2) is 202 Å². The second-order valence-corrected chi connectivity index (χ2v) is 21.3. The largest absolute Gasteiger partial charge is 0.507 e. The summed E-state index contributed by atoms with van der Waals surface area (Å²) in [6, 6.07) is 26.0. The molecule has 26 heteroatoms. The van der Waals surface area contributed by atoms with E-state index in [4.69, 9.17) is 29.2 Å². The summed E-state index contributed by atoms with van der Waals surface area (Å²) in [6.45, 7) is 15.8. The van der Waals surface area contributed by atoms with Crippen molar-refractivity contribution >= 4 is 47.3 Å². The Bertz CT molecular complexity index is 3660. The van der Waals surface area contributed by atoms with E-state index in [2.05, 4.69) is 25.6 Å². The monoisotopic (exact) mass is 1280 g/mol. The molecule has 10 rings (SSSR count). The van der Waals surface area contributed by atoms with Gasteiger partial charge in [0.1, 0.15) is 28.2 Å². The molecule has 0 spiro atoms. The Labute approximate surface area is 535 Å². The molecule has 0 saturated carbocycles. The van der Waals surface area contributed by atoms with Gasteiger partial charge in [0.25, 0.3) is 17.7 Å². The Kier molecular flexibility index (Phi) is 26.9. The zero-order valence-corrected chi connectivity index (χ0v) is 52.2. The summed E-state index contributed by atoms with van der Waals surface area (Å²) in [5.74, 6) is -5.97. The fourth-order valence-electron chi connectivity index (χ4n) is 9.11. The van der Waals surface area contributed by atoms with Crippen LogP contribution in [0.15, 0.2) is 146 Å². The molecular weight excluding hydrogens is 1210 g/mol. The number of carboxylic acids is 2. The lowest BCUT2D eigenvalue weighted by atomic mass is 10.00. The van der Waals surface area contributed by atoms with E-state index in [1.54, 1.807) is 70.7 Å². The Morgan fingerprint density at radius 3 is 1.16 bits per heavy atom. The van der Waals surface area contributed by atoms with Crippen LogP contribution in [-0.2, 0) is 4.74 Å². The molecule has 490 valence electrons. The van der Waals surface area contributed by atoms with Crippen molar-refractivity contribution in [1.82, 2.24) is 45.2 Å². The number of hydrogen-bond donors (Lipinski definition) is 5. The number of hydrogen-bond acceptors (Lipinski definition) is 18. The molecule has 3 aromatic heterocycles. The van der Waals surface area contributed by atoms with Crippen LogP contribution in [0.2, 0.25) is 0 Å². The molecule has 24 nitrogen and oxygen atoms in total. The number of halogens is 2. The smallest absolute Gasteiger partial charge is 0.410 e. The summed E-state index contributed by atoms with van der Waals surface area (Å²) in [6.07, 6.45) is 9.11. The second kappa shape index (κ2) is 35.0. The van der Waals surface area contributed by atoms with Gasteiger partial charge < -0.3 is 64.5 Å². The van der Waals surface area contributed by atoms with Gasteiger partial charge in [-0.05, 0) is 113 Å². The number of aromatic carboxylic acids is 2. The lowest BCUT2D eigenvalue weighted by Gasteiger charge is -2.34. The Morgan fingerprint density at radius 2 is 0.774 bits per heavy atom. The van der Waals surface area contributed by atoms with Crippen molar-refractivity contribution in [2.45, 2.75) is 33.3 Å². The topological polar surface area (TPSA) is 310 Å². The second-order valence-electron chi connectivity index (χ2n) is 21.3. The minimum absolute atomic E-state index is 0.0395. The number of aromatic hydroxyl groups is 1. The molecule has 93 heavy (non-hydrogen) atoms. The molecular formula is C67H73F2N9O15. The van der Waals surface area contributed by atoms with Gasteiger partial charge in [0.2, 0.25) is 0 Å². The third kappa shape index (κ3) is 20.6. The fourth-order valence-corrected chi connectivity index (χ4v) is 9.11. The average Bonchev–Trinajstić information content (AvgIpc) is 0.961. The number of ether oxygens (including phenoxy) is 4. The maximum atomic E-state index is 14.5. The minimum Gasteiger partial charge on any atom is -0.507 e. The SMILES string of the molecule is CC(C)(C)OC(=O)N1CCNCC1.CCOc1ccc(OC)c(F)c1C(=O)c1ccc(C(=O)O)cc1.COc1ccc(O)c(C(=O)c2ccc(C(=O)N3CCN(C(=O)c4ccncc4)CC3)cc2)c1F.O=C(O)c1ccncc1.O=C(c1ccncc1)N1CCNCC1. The summed E-state index contributed by atoms with van der Waals surface area (Å²) in [5.41, 5.74) is 1.10. The van der Waals surface area contributed by atoms with Gasteiger partial charge in [0, 0.05) is 144 Å². The van der Waals surface area contributed by atoms with E-state index >= 15 is 0 Å². The highest BCUT2D eigenvalue weighted by Crippen LogP contribution is 2.32.